The summed E-state index contributed by atoms with van der Waals surface area (Å²) >= 11 is 0. The van der Waals surface area contributed by atoms with E-state index in [9.17, 15) is 4.79 Å². The third-order valence-electron chi connectivity index (χ3n) is 2.24. The van der Waals surface area contributed by atoms with E-state index >= 15 is 0 Å². The Morgan fingerprint density at radius 1 is 1.33 bits per heavy atom. The number of nitrogens with zero attached hydrogens (tertiary/aromatic N) is 4. The van der Waals surface area contributed by atoms with Gasteiger partial charge in [-0.2, -0.15) is 4.99 Å². The smallest absolute Gasteiger partial charge is 0.436 e. The van der Waals surface area contributed by atoms with Gasteiger partial charge in [-0.15, -0.1) is 0 Å². The Morgan fingerprint density at radius 2 is 2.06 bits per heavy atom. The number of amidine groups is 2. The predicted molar refractivity (Wildman–Crippen MR) is 65.7 cm³/mol. The standard InChI is InChI=1S/C12H10N4O2/c1-2-18-12(17)9-11(16-13)15-10(14-9)8-6-4-3-5-7-8/h3-7H,2H2,1H3. The number of ether oxygens (including phenoxy) is 1. The normalized spacial score (nSPS) is 13.7. The van der Waals surface area contributed by atoms with Gasteiger partial charge in [0.1, 0.15) is 0 Å². The lowest BCUT2D eigenvalue weighted by atomic mass is 10.2. The van der Waals surface area contributed by atoms with Gasteiger partial charge < -0.3 is 15.1 Å². The number of aliphatic imine (C=N–C) groups is 2. The van der Waals surface area contributed by atoms with Crippen molar-refractivity contribution in [3.05, 3.63) is 41.4 Å². The van der Waals surface area contributed by atoms with Crippen LogP contribution in [0.25, 0.3) is 5.53 Å². The molecule has 0 aliphatic carbocycles. The second kappa shape index (κ2) is 5.16. The van der Waals surface area contributed by atoms with Crippen LogP contribution in [-0.2, 0) is 9.53 Å². The van der Waals surface area contributed by atoms with Crippen molar-refractivity contribution in [1.29, 1.82) is 0 Å². The van der Waals surface area contributed by atoms with E-state index in [-0.39, 0.29) is 18.2 Å². The monoisotopic (exact) mass is 242 g/mol. The Bertz CT molecular complexity index is 583. The van der Waals surface area contributed by atoms with Crippen molar-refractivity contribution in [2.75, 3.05) is 6.61 Å². The van der Waals surface area contributed by atoms with Gasteiger partial charge in [-0.1, -0.05) is 18.2 Å². The lowest BCUT2D eigenvalue weighted by Gasteiger charge is -1.95. The first-order chi connectivity index (χ1) is 8.76. The Hall–Kier alpha value is -2.59. The largest absolute Gasteiger partial charge is 0.497 e. The zero-order valence-electron chi connectivity index (χ0n) is 9.70. The molecule has 1 aromatic rings. The van der Waals surface area contributed by atoms with Gasteiger partial charge in [0.15, 0.2) is 0 Å². The minimum absolute atomic E-state index is 0.0850. The molecule has 0 unspecified atom stereocenters. The molecule has 0 fully saturated rings. The Balaban J connectivity index is 2.36. The van der Waals surface area contributed by atoms with E-state index in [0.29, 0.717) is 5.84 Å². The van der Waals surface area contributed by atoms with Crippen LogP contribution < -0.4 is 0 Å². The van der Waals surface area contributed by atoms with Crippen molar-refractivity contribution in [1.82, 2.24) is 0 Å². The number of carbonyl (C=O) groups is 1. The van der Waals surface area contributed by atoms with Crippen molar-refractivity contribution < 1.29 is 14.3 Å². The molecule has 2 rings (SSSR count). The Morgan fingerprint density at radius 3 is 2.67 bits per heavy atom. The van der Waals surface area contributed by atoms with Crippen molar-refractivity contribution in [2.45, 2.75) is 6.92 Å². The molecule has 0 atom stereocenters. The molecule has 18 heavy (non-hydrogen) atoms. The molecule has 0 saturated heterocycles. The van der Waals surface area contributed by atoms with Crippen LogP contribution in [0, 0.1) is 0 Å². The molecule has 0 amide bonds. The molecule has 1 aromatic carbocycles. The molecule has 6 heteroatoms. The number of carbonyl (C=O) groups excluding carboxylic acids is 1. The number of hydrogen-bond donors (Lipinski definition) is 0. The first-order valence-corrected chi connectivity index (χ1v) is 5.38. The molecule has 0 aromatic heterocycles. The van der Waals surface area contributed by atoms with Crippen molar-refractivity contribution >= 4 is 23.4 Å². The summed E-state index contributed by atoms with van der Waals surface area (Å²) in [4.78, 5) is 22.5. The summed E-state index contributed by atoms with van der Waals surface area (Å²) in [6.45, 7) is 1.90. The predicted octanol–water partition coefficient (Wildman–Crippen LogP) is 1.08. The maximum atomic E-state index is 11.6. The van der Waals surface area contributed by atoms with E-state index in [0.717, 1.165) is 5.56 Å². The van der Waals surface area contributed by atoms with E-state index in [1.54, 1.807) is 19.1 Å². The maximum absolute atomic E-state index is 11.6. The fraction of sp³-hybridized carbons (Fsp3) is 0.167. The minimum atomic E-state index is -0.653. The second-order valence-corrected chi connectivity index (χ2v) is 3.41. The lowest BCUT2D eigenvalue weighted by Crippen LogP contribution is -2.23. The summed E-state index contributed by atoms with van der Waals surface area (Å²) < 4.78 is 4.81. The van der Waals surface area contributed by atoms with Crippen LogP contribution in [0.1, 0.15) is 12.5 Å². The van der Waals surface area contributed by atoms with Gasteiger partial charge in [0.2, 0.25) is 0 Å². The fourth-order valence-corrected chi connectivity index (χ4v) is 1.46. The van der Waals surface area contributed by atoms with Crippen LogP contribution >= 0.6 is 0 Å². The zero-order chi connectivity index (χ0) is 13.0. The van der Waals surface area contributed by atoms with Crippen LogP contribution in [0.4, 0.5) is 0 Å². The van der Waals surface area contributed by atoms with Gasteiger partial charge in [-0.25, -0.2) is 4.79 Å². The summed E-state index contributed by atoms with van der Waals surface area (Å²) in [7, 11) is 0. The maximum Gasteiger partial charge on any atom is 0.436 e. The summed E-state index contributed by atoms with van der Waals surface area (Å²) in [5.74, 6) is -0.460. The van der Waals surface area contributed by atoms with Gasteiger partial charge in [0, 0.05) is 5.56 Å². The van der Waals surface area contributed by atoms with Gasteiger partial charge in [0.25, 0.3) is 11.5 Å². The third kappa shape index (κ3) is 2.23. The van der Waals surface area contributed by atoms with E-state index in [1.165, 1.54) is 0 Å². The average molecular weight is 242 g/mol. The van der Waals surface area contributed by atoms with Gasteiger partial charge in [-0.3, -0.25) is 0 Å². The quantitative estimate of drug-likeness (QED) is 0.451. The van der Waals surface area contributed by atoms with Crippen molar-refractivity contribution in [2.24, 2.45) is 9.98 Å². The molecule has 0 N–H and O–H groups in total. The van der Waals surface area contributed by atoms with Crippen LogP contribution in [0.3, 0.4) is 0 Å². The van der Waals surface area contributed by atoms with Crippen LogP contribution in [0.2, 0.25) is 0 Å². The van der Waals surface area contributed by atoms with Gasteiger partial charge >= 0.3 is 11.8 Å². The molecule has 0 saturated carbocycles. The Kier molecular flexibility index (Phi) is 3.41. The third-order valence-corrected chi connectivity index (χ3v) is 2.24. The number of hydrogen-bond acceptors (Lipinski definition) is 3. The molecule has 6 nitrogen and oxygen atoms in total. The molecule has 1 heterocycles. The zero-order valence-corrected chi connectivity index (χ0v) is 9.70. The van der Waals surface area contributed by atoms with Crippen LogP contribution in [0.15, 0.2) is 40.3 Å². The number of rotatable bonds is 3. The van der Waals surface area contributed by atoms with Crippen LogP contribution in [-0.4, -0.2) is 34.7 Å². The first-order valence-electron chi connectivity index (χ1n) is 5.38. The molecule has 0 radical (unpaired) electrons. The van der Waals surface area contributed by atoms with Crippen molar-refractivity contribution in [3.63, 3.8) is 0 Å². The topological polar surface area (TPSA) is 87.4 Å². The summed E-state index contributed by atoms with van der Waals surface area (Å²) in [6.07, 6.45) is 0. The fourth-order valence-electron chi connectivity index (χ4n) is 1.46. The molecule has 0 spiro atoms. The lowest BCUT2D eigenvalue weighted by molar-refractivity contribution is -0.134. The molecular weight excluding hydrogens is 232 g/mol. The highest BCUT2D eigenvalue weighted by atomic mass is 16.5. The van der Waals surface area contributed by atoms with E-state index in [4.69, 9.17) is 10.3 Å². The number of esters is 1. The molecular formula is C12H10N4O2. The first kappa shape index (κ1) is 11.9. The summed E-state index contributed by atoms with van der Waals surface area (Å²) in [5, 5.41) is 0. The summed E-state index contributed by atoms with van der Waals surface area (Å²) in [5.41, 5.74) is 9.46. The van der Waals surface area contributed by atoms with E-state index in [2.05, 4.69) is 14.8 Å². The molecule has 1 aliphatic rings. The van der Waals surface area contributed by atoms with Gasteiger partial charge in [0.05, 0.1) is 6.61 Å². The summed E-state index contributed by atoms with van der Waals surface area (Å²) in [6, 6.07) is 9.10. The highest BCUT2D eigenvalue weighted by molar-refractivity contribution is 6.67. The minimum Gasteiger partial charge on any atom is -0.497 e. The van der Waals surface area contributed by atoms with E-state index < -0.39 is 5.97 Å². The van der Waals surface area contributed by atoms with Crippen LogP contribution in [0.5, 0.6) is 0 Å². The van der Waals surface area contributed by atoms with E-state index in [1.807, 2.05) is 18.2 Å². The SMILES string of the molecule is CCOC(=O)C1=NC(c2ccccc2)=NC1=[N+]=[N-]. The Labute approximate surface area is 103 Å². The molecule has 1 aliphatic heterocycles. The molecule has 0 bridgehead atoms. The average Bonchev–Trinajstić information content (AvgIpc) is 2.84. The van der Waals surface area contributed by atoms with Crippen molar-refractivity contribution in [3.8, 4) is 0 Å². The second-order valence-electron chi connectivity index (χ2n) is 3.41. The number of benzene rings is 1. The molecule has 90 valence electrons. The van der Waals surface area contributed by atoms with Gasteiger partial charge in [-0.05, 0) is 24.0 Å². The highest BCUT2D eigenvalue weighted by Gasteiger charge is 2.35. The highest BCUT2D eigenvalue weighted by Crippen LogP contribution is 2.09.